The number of hydrogen-bond acceptors (Lipinski definition) is 2. The Morgan fingerprint density at radius 1 is 1.21 bits per heavy atom. The lowest BCUT2D eigenvalue weighted by atomic mass is 9.92. The van der Waals surface area contributed by atoms with Gasteiger partial charge in [0.2, 0.25) is 0 Å². The molecule has 1 saturated carbocycles. The van der Waals surface area contributed by atoms with Crippen molar-refractivity contribution in [2.45, 2.75) is 32.1 Å². The molecule has 1 aliphatic heterocycles. The maximum atomic E-state index is 6.14. The van der Waals surface area contributed by atoms with Gasteiger partial charge in [-0.1, -0.05) is 11.6 Å². The van der Waals surface area contributed by atoms with E-state index in [2.05, 4.69) is 11.4 Å². The number of piperidine rings is 1. The molecule has 1 unspecified atom stereocenters. The Balaban J connectivity index is 1.67. The van der Waals surface area contributed by atoms with Crippen molar-refractivity contribution in [3.63, 3.8) is 0 Å². The molecule has 1 heterocycles. The predicted octanol–water partition coefficient (Wildman–Crippen LogP) is 3.67. The van der Waals surface area contributed by atoms with Gasteiger partial charge in [0, 0.05) is 5.02 Å². The molecule has 1 aliphatic carbocycles. The van der Waals surface area contributed by atoms with E-state index in [0.29, 0.717) is 0 Å². The molecule has 2 aliphatic rings. The summed E-state index contributed by atoms with van der Waals surface area (Å²) in [6.07, 6.45) is 6.32. The summed E-state index contributed by atoms with van der Waals surface area (Å²) < 4.78 is 5.98. The van der Waals surface area contributed by atoms with Crippen molar-refractivity contribution >= 4 is 11.6 Å². The van der Waals surface area contributed by atoms with Gasteiger partial charge in [-0.25, -0.2) is 0 Å². The van der Waals surface area contributed by atoms with Crippen LogP contribution in [0, 0.1) is 11.8 Å². The van der Waals surface area contributed by atoms with Gasteiger partial charge in [-0.2, -0.15) is 0 Å². The minimum absolute atomic E-state index is 0.718. The molecule has 19 heavy (non-hydrogen) atoms. The molecule has 0 spiro atoms. The maximum Gasteiger partial charge on any atom is 0.122 e. The fourth-order valence-corrected chi connectivity index (χ4v) is 2.94. The zero-order valence-corrected chi connectivity index (χ0v) is 12.1. The molecule has 1 saturated heterocycles. The normalized spacial score (nSPS) is 23.3. The van der Waals surface area contributed by atoms with E-state index >= 15 is 0 Å². The number of ether oxygens (including phenoxy) is 1. The molecule has 1 aromatic rings. The molecule has 3 heteroatoms. The van der Waals surface area contributed by atoms with Crippen molar-refractivity contribution in [1.29, 1.82) is 0 Å². The third-order valence-corrected chi connectivity index (χ3v) is 4.34. The average Bonchev–Trinajstić information content (AvgIpc) is 3.23. The summed E-state index contributed by atoms with van der Waals surface area (Å²) >= 11 is 6.14. The van der Waals surface area contributed by atoms with Gasteiger partial charge in [0.05, 0.1) is 6.61 Å². The smallest absolute Gasteiger partial charge is 0.122 e. The van der Waals surface area contributed by atoms with Gasteiger partial charge < -0.3 is 10.1 Å². The first-order valence-corrected chi connectivity index (χ1v) is 7.81. The Morgan fingerprint density at radius 3 is 2.84 bits per heavy atom. The number of benzene rings is 1. The topological polar surface area (TPSA) is 21.3 Å². The molecule has 1 atom stereocenters. The quantitative estimate of drug-likeness (QED) is 0.888. The SMILES string of the molecule is Clc1ccc(OCC2CC2)c(CC2CCCNC2)c1. The minimum atomic E-state index is 0.718. The predicted molar refractivity (Wildman–Crippen MR) is 79.0 cm³/mol. The first-order chi connectivity index (χ1) is 9.31. The van der Waals surface area contributed by atoms with E-state index in [0.717, 1.165) is 48.7 Å². The van der Waals surface area contributed by atoms with Crippen molar-refractivity contribution in [3.05, 3.63) is 28.8 Å². The van der Waals surface area contributed by atoms with Crippen molar-refractivity contribution < 1.29 is 4.74 Å². The fraction of sp³-hybridized carbons (Fsp3) is 0.625. The standard InChI is InChI=1S/C16H22ClNO/c17-15-5-6-16(19-11-12-3-4-12)14(9-15)8-13-2-1-7-18-10-13/h5-6,9,12-13,18H,1-4,7-8,10-11H2. The van der Waals surface area contributed by atoms with Crippen LogP contribution < -0.4 is 10.1 Å². The molecule has 1 N–H and O–H groups in total. The van der Waals surface area contributed by atoms with E-state index in [4.69, 9.17) is 16.3 Å². The van der Waals surface area contributed by atoms with Gasteiger partial charge in [-0.05, 0) is 80.8 Å². The molecule has 1 aromatic carbocycles. The Labute approximate surface area is 120 Å². The summed E-state index contributed by atoms with van der Waals surface area (Å²) in [4.78, 5) is 0. The molecule has 0 amide bonds. The second-order valence-electron chi connectivity index (χ2n) is 5.92. The lowest BCUT2D eigenvalue weighted by molar-refractivity contribution is 0.292. The summed E-state index contributed by atoms with van der Waals surface area (Å²) in [5, 5.41) is 4.29. The summed E-state index contributed by atoms with van der Waals surface area (Å²) in [7, 11) is 0. The second-order valence-corrected chi connectivity index (χ2v) is 6.36. The summed E-state index contributed by atoms with van der Waals surface area (Å²) in [5.74, 6) is 2.55. The van der Waals surface area contributed by atoms with Crippen molar-refractivity contribution in [3.8, 4) is 5.75 Å². The number of hydrogen-bond donors (Lipinski definition) is 1. The van der Waals surface area contributed by atoms with Gasteiger partial charge in [-0.3, -0.25) is 0 Å². The highest BCUT2D eigenvalue weighted by molar-refractivity contribution is 6.30. The lowest BCUT2D eigenvalue weighted by Crippen LogP contribution is -2.30. The zero-order chi connectivity index (χ0) is 13.1. The first-order valence-electron chi connectivity index (χ1n) is 7.43. The van der Waals surface area contributed by atoms with Crippen molar-refractivity contribution in [2.24, 2.45) is 11.8 Å². The highest BCUT2D eigenvalue weighted by Crippen LogP contribution is 2.32. The molecule has 0 bridgehead atoms. The lowest BCUT2D eigenvalue weighted by Gasteiger charge is -2.23. The monoisotopic (exact) mass is 279 g/mol. The van der Waals surface area contributed by atoms with Crippen molar-refractivity contribution in [2.75, 3.05) is 19.7 Å². The molecular weight excluding hydrogens is 258 g/mol. The van der Waals surface area contributed by atoms with Gasteiger partial charge in [-0.15, -0.1) is 0 Å². The largest absolute Gasteiger partial charge is 0.493 e. The summed E-state index contributed by atoms with van der Waals surface area (Å²) in [5.41, 5.74) is 1.28. The Bertz CT molecular complexity index is 425. The zero-order valence-electron chi connectivity index (χ0n) is 11.3. The molecule has 2 nitrogen and oxygen atoms in total. The molecule has 2 fully saturated rings. The minimum Gasteiger partial charge on any atom is -0.493 e. The van der Waals surface area contributed by atoms with E-state index in [-0.39, 0.29) is 0 Å². The van der Waals surface area contributed by atoms with Crippen LogP contribution in [0.25, 0.3) is 0 Å². The Morgan fingerprint density at radius 2 is 2.11 bits per heavy atom. The fourth-order valence-electron chi connectivity index (χ4n) is 2.75. The van der Waals surface area contributed by atoms with Crippen LogP contribution in [0.5, 0.6) is 5.75 Å². The van der Waals surface area contributed by atoms with Gasteiger partial charge in [0.25, 0.3) is 0 Å². The third-order valence-electron chi connectivity index (χ3n) is 4.10. The van der Waals surface area contributed by atoms with Crippen LogP contribution >= 0.6 is 11.6 Å². The third kappa shape index (κ3) is 3.87. The van der Waals surface area contributed by atoms with Crippen LogP contribution in [0.2, 0.25) is 5.02 Å². The Hall–Kier alpha value is -0.730. The van der Waals surface area contributed by atoms with Crippen LogP contribution in [0.15, 0.2) is 18.2 Å². The van der Waals surface area contributed by atoms with E-state index in [1.54, 1.807) is 0 Å². The highest BCUT2D eigenvalue weighted by Gasteiger charge is 2.23. The Kier molecular flexibility index (Phi) is 4.29. The molecule has 3 rings (SSSR count). The van der Waals surface area contributed by atoms with Crippen molar-refractivity contribution in [1.82, 2.24) is 5.32 Å². The average molecular weight is 280 g/mol. The van der Waals surface area contributed by atoms with E-state index in [1.807, 2.05) is 12.1 Å². The summed E-state index contributed by atoms with van der Waals surface area (Å²) in [6.45, 7) is 3.16. The molecule has 0 aromatic heterocycles. The van der Waals surface area contributed by atoms with Crippen LogP contribution in [-0.2, 0) is 6.42 Å². The number of nitrogens with one attached hydrogen (secondary N) is 1. The van der Waals surface area contributed by atoms with E-state index < -0.39 is 0 Å². The number of rotatable bonds is 5. The van der Waals surface area contributed by atoms with Crippen LogP contribution in [0.1, 0.15) is 31.2 Å². The molecule has 104 valence electrons. The van der Waals surface area contributed by atoms with Crippen LogP contribution in [0.4, 0.5) is 0 Å². The van der Waals surface area contributed by atoms with Crippen LogP contribution in [-0.4, -0.2) is 19.7 Å². The highest BCUT2D eigenvalue weighted by atomic mass is 35.5. The van der Waals surface area contributed by atoms with E-state index in [1.165, 1.54) is 31.2 Å². The maximum absolute atomic E-state index is 6.14. The first kappa shape index (κ1) is 13.3. The van der Waals surface area contributed by atoms with Gasteiger partial charge in [0.1, 0.15) is 5.75 Å². The number of halogens is 1. The molecular formula is C16H22ClNO. The van der Waals surface area contributed by atoms with Gasteiger partial charge in [0.15, 0.2) is 0 Å². The molecule has 0 radical (unpaired) electrons. The van der Waals surface area contributed by atoms with Gasteiger partial charge >= 0.3 is 0 Å². The van der Waals surface area contributed by atoms with E-state index in [9.17, 15) is 0 Å². The van der Waals surface area contributed by atoms with Crippen LogP contribution in [0.3, 0.4) is 0 Å². The second kappa shape index (κ2) is 6.15. The summed E-state index contributed by atoms with van der Waals surface area (Å²) in [6, 6.07) is 6.06.